The Morgan fingerprint density at radius 1 is 1.40 bits per heavy atom. The molecule has 0 bridgehead atoms. The molecule has 82 valence electrons. The monoisotopic (exact) mass is 210 g/mol. The second-order valence-electron chi connectivity index (χ2n) is 3.88. The molecule has 1 atom stereocenters. The predicted octanol–water partition coefficient (Wildman–Crippen LogP) is 1.72. The van der Waals surface area contributed by atoms with Crippen molar-refractivity contribution in [2.75, 3.05) is 17.2 Å². The fraction of sp³-hybridized carbons (Fsp3) is 0.455. The highest BCUT2D eigenvalue weighted by atomic mass is 19.1. The number of hydrogen-bond acceptors (Lipinski definition) is 3. The maximum Gasteiger partial charge on any atom is 0.148 e. The van der Waals surface area contributed by atoms with E-state index >= 15 is 0 Å². The van der Waals surface area contributed by atoms with Crippen LogP contribution >= 0.6 is 0 Å². The summed E-state index contributed by atoms with van der Waals surface area (Å²) in [6, 6.07) is 4.57. The van der Waals surface area contributed by atoms with Gasteiger partial charge in [0.25, 0.3) is 0 Å². The van der Waals surface area contributed by atoms with Gasteiger partial charge in [0.05, 0.1) is 5.69 Å². The van der Waals surface area contributed by atoms with Crippen molar-refractivity contribution in [2.24, 2.45) is 0 Å². The summed E-state index contributed by atoms with van der Waals surface area (Å²) >= 11 is 0. The van der Waals surface area contributed by atoms with E-state index in [-0.39, 0.29) is 5.82 Å². The number of nitrogens with two attached hydrogens (primary N) is 1. The lowest BCUT2D eigenvalue weighted by molar-refractivity contribution is 0.139. The quantitative estimate of drug-likeness (QED) is 0.694. The number of nitrogens with zero attached hydrogens (tertiary/aromatic N) is 1. The van der Waals surface area contributed by atoms with E-state index in [0.29, 0.717) is 24.3 Å². The van der Waals surface area contributed by atoms with Crippen LogP contribution in [0.2, 0.25) is 0 Å². The molecule has 2 rings (SSSR count). The summed E-state index contributed by atoms with van der Waals surface area (Å²) in [5, 5.41) is 9.74. The van der Waals surface area contributed by atoms with Gasteiger partial charge in [0.2, 0.25) is 0 Å². The average molecular weight is 210 g/mol. The minimum absolute atomic E-state index is 0.365. The molecule has 0 amide bonds. The van der Waals surface area contributed by atoms with Crippen LogP contribution in [-0.2, 0) is 0 Å². The Kier molecular flexibility index (Phi) is 2.77. The largest absolute Gasteiger partial charge is 0.399 e. The molecule has 0 aromatic heterocycles. The van der Waals surface area contributed by atoms with E-state index in [1.54, 1.807) is 17.0 Å². The number of benzene rings is 1. The van der Waals surface area contributed by atoms with Gasteiger partial charge in [-0.15, -0.1) is 0 Å². The van der Waals surface area contributed by atoms with Gasteiger partial charge in [-0.25, -0.2) is 4.39 Å². The van der Waals surface area contributed by atoms with E-state index in [9.17, 15) is 9.50 Å². The van der Waals surface area contributed by atoms with Gasteiger partial charge in [-0.2, -0.15) is 0 Å². The fourth-order valence-corrected chi connectivity index (χ4v) is 1.95. The Hall–Kier alpha value is -1.29. The molecule has 0 spiro atoms. The van der Waals surface area contributed by atoms with Crippen molar-refractivity contribution in [1.29, 1.82) is 0 Å². The summed E-state index contributed by atoms with van der Waals surface area (Å²) in [6.45, 7) is 0.696. The summed E-state index contributed by atoms with van der Waals surface area (Å²) in [5.74, 6) is -0.365. The van der Waals surface area contributed by atoms with Crippen molar-refractivity contribution in [3.63, 3.8) is 0 Å². The van der Waals surface area contributed by atoms with Crippen LogP contribution in [0, 0.1) is 5.82 Å². The fourth-order valence-electron chi connectivity index (χ4n) is 1.95. The van der Waals surface area contributed by atoms with E-state index < -0.39 is 6.23 Å². The Labute approximate surface area is 88.3 Å². The van der Waals surface area contributed by atoms with E-state index in [2.05, 4.69) is 0 Å². The molecule has 0 radical (unpaired) electrons. The number of hydrogen-bond donors (Lipinski definition) is 2. The Morgan fingerprint density at radius 3 is 2.87 bits per heavy atom. The van der Waals surface area contributed by atoms with Gasteiger partial charge < -0.3 is 15.7 Å². The summed E-state index contributed by atoms with van der Waals surface area (Å²) in [6.07, 6.45) is 2.11. The van der Waals surface area contributed by atoms with Crippen LogP contribution in [0.4, 0.5) is 15.8 Å². The number of piperidine rings is 1. The van der Waals surface area contributed by atoms with Crippen molar-refractivity contribution in [2.45, 2.75) is 25.5 Å². The third-order valence-corrected chi connectivity index (χ3v) is 2.75. The molecule has 1 saturated heterocycles. The van der Waals surface area contributed by atoms with Gasteiger partial charge in [-0.1, -0.05) is 0 Å². The normalized spacial score (nSPS) is 21.7. The average Bonchev–Trinajstić information content (AvgIpc) is 2.20. The maximum absolute atomic E-state index is 13.6. The van der Waals surface area contributed by atoms with Crippen LogP contribution < -0.4 is 10.6 Å². The van der Waals surface area contributed by atoms with Gasteiger partial charge >= 0.3 is 0 Å². The van der Waals surface area contributed by atoms with Crippen molar-refractivity contribution in [3.05, 3.63) is 24.0 Å². The minimum Gasteiger partial charge on any atom is -0.399 e. The first-order valence-corrected chi connectivity index (χ1v) is 5.18. The third-order valence-electron chi connectivity index (χ3n) is 2.75. The molecular formula is C11H15FN2O. The lowest BCUT2D eigenvalue weighted by atomic mass is 10.1. The number of anilines is 2. The van der Waals surface area contributed by atoms with E-state index in [0.717, 1.165) is 12.8 Å². The van der Waals surface area contributed by atoms with Gasteiger partial charge in [0.15, 0.2) is 0 Å². The van der Waals surface area contributed by atoms with Crippen LogP contribution in [0.25, 0.3) is 0 Å². The Balaban J connectivity index is 2.27. The van der Waals surface area contributed by atoms with E-state index in [1.807, 2.05) is 0 Å². The van der Waals surface area contributed by atoms with Crippen molar-refractivity contribution < 1.29 is 9.50 Å². The number of aliphatic hydroxyl groups is 1. The molecule has 1 aliphatic heterocycles. The summed E-state index contributed by atoms with van der Waals surface area (Å²) in [5.41, 5.74) is 6.32. The molecule has 15 heavy (non-hydrogen) atoms. The highest BCUT2D eigenvalue weighted by Gasteiger charge is 2.22. The molecule has 0 saturated carbocycles. The molecule has 1 unspecified atom stereocenters. The zero-order valence-corrected chi connectivity index (χ0v) is 8.49. The number of rotatable bonds is 1. The van der Waals surface area contributed by atoms with E-state index in [4.69, 9.17) is 5.73 Å². The molecular weight excluding hydrogens is 195 g/mol. The molecule has 1 fully saturated rings. The predicted molar refractivity (Wildman–Crippen MR) is 58.0 cm³/mol. The summed E-state index contributed by atoms with van der Waals surface area (Å²) in [4.78, 5) is 1.69. The Morgan fingerprint density at radius 2 is 2.20 bits per heavy atom. The first kappa shape index (κ1) is 10.2. The second kappa shape index (κ2) is 4.06. The summed E-state index contributed by atoms with van der Waals surface area (Å²) in [7, 11) is 0. The Bertz CT molecular complexity index is 356. The molecule has 3 N–H and O–H groups in total. The van der Waals surface area contributed by atoms with Gasteiger partial charge in [0.1, 0.15) is 12.0 Å². The van der Waals surface area contributed by atoms with E-state index in [1.165, 1.54) is 6.07 Å². The molecule has 1 aliphatic rings. The smallest absolute Gasteiger partial charge is 0.148 e. The molecule has 3 nitrogen and oxygen atoms in total. The zero-order valence-electron chi connectivity index (χ0n) is 8.49. The summed E-state index contributed by atoms with van der Waals surface area (Å²) < 4.78 is 13.6. The molecule has 1 heterocycles. The van der Waals surface area contributed by atoms with Crippen LogP contribution in [0.3, 0.4) is 0 Å². The lowest BCUT2D eigenvalue weighted by Crippen LogP contribution is -2.39. The number of nitrogen functional groups attached to an aromatic ring is 1. The molecule has 1 aromatic carbocycles. The minimum atomic E-state index is -0.572. The van der Waals surface area contributed by atoms with Crippen LogP contribution in [0.5, 0.6) is 0 Å². The van der Waals surface area contributed by atoms with Crippen LogP contribution in [0.1, 0.15) is 19.3 Å². The zero-order chi connectivity index (χ0) is 10.8. The second-order valence-corrected chi connectivity index (χ2v) is 3.88. The molecule has 4 heteroatoms. The molecule has 1 aromatic rings. The first-order valence-electron chi connectivity index (χ1n) is 5.18. The highest BCUT2D eigenvalue weighted by Crippen LogP contribution is 2.27. The van der Waals surface area contributed by atoms with Crippen molar-refractivity contribution in [1.82, 2.24) is 0 Å². The van der Waals surface area contributed by atoms with Gasteiger partial charge in [0, 0.05) is 12.2 Å². The van der Waals surface area contributed by atoms with Gasteiger partial charge in [-0.3, -0.25) is 0 Å². The molecule has 0 aliphatic carbocycles. The number of halogens is 1. The van der Waals surface area contributed by atoms with Crippen LogP contribution in [-0.4, -0.2) is 17.9 Å². The maximum atomic E-state index is 13.6. The highest BCUT2D eigenvalue weighted by molar-refractivity contribution is 5.54. The van der Waals surface area contributed by atoms with Crippen LogP contribution in [0.15, 0.2) is 18.2 Å². The standard InChI is InChI=1S/C11H15FN2O/c12-9-7-8(13)4-5-10(9)14-6-2-1-3-11(14)15/h4-5,7,11,15H,1-3,6,13H2. The van der Waals surface area contributed by atoms with Crippen molar-refractivity contribution in [3.8, 4) is 0 Å². The SMILES string of the molecule is Nc1ccc(N2CCCCC2O)c(F)c1. The third kappa shape index (κ3) is 2.04. The van der Waals surface area contributed by atoms with Crippen molar-refractivity contribution >= 4 is 11.4 Å². The first-order chi connectivity index (χ1) is 7.18. The number of aliphatic hydroxyl groups excluding tert-OH is 1. The topological polar surface area (TPSA) is 49.5 Å². The lowest BCUT2D eigenvalue weighted by Gasteiger charge is -2.34. The van der Waals surface area contributed by atoms with Gasteiger partial charge in [-0.05, 0) is 37.5 Å².